The summed E-state index contributed by atoms with van der Waals surface area (Å²) >= 11 is 0. The molecule has 1 unspecified atom stereocenters. The number of benzene rings is 1. The highest BCUT2D eigenvalue weighted by Gasteiger charge is 2.09. The average Bonchev–Trinajstić information content (AvgIpc) is 3.05. The fraction of sp³-hybridized carbons (Fsp3) is 0.417. The molecule has 0 saturated heterocycles. The molecule has 1 fully saturated rings. The number of nitrogens with two attached hydrogens (primary N) is 1. The lowest BCUT2D eigenvalue weighted by Gasteiger charge is -2.05. The van der Waals surface area contributed by atoms with Crippen molar-refractivity contribution in [2.75, 3.05) is 0 Å². The Bertz CT molecular complexity index is 277. The Balaban J connectivity index is 0.000000276. The van der Waals surface area contributed by atoms with Gasteiger partial charge < -0.3 is 5.73 Å². The van der Waals surface area contributed by atoms with Gasteiger partial charge in [-0.15, -0.1) is 0 Å². The first-order valence-electron chi connectivity index (χ1n) is 5.06. The van der Waals surface area contributed by atoms with Crippen LogP contribution < -0.4 is 5.73 Å². The van der Waals surface area contributed by atoms with E-state index in [1.165, 1.54) is 19.3 Å². The molecular formula is C12H17NO. The van der Waals surface area contributed by atoms with Crippen LogP contribution in [0.2, 0.25) is 0 Å². The van der Waals surface area contributed by atoms with E-state index in [0.29, 0.717) is 0 Å². The van der Waals surface area contributed by atoms with Crippen molar-refractivity contribution in [3.05, 3.63) is 35.9 Å². The minimum Gasteiger partial charge on any atom is -0.369 e. The van der Waals surface area contributed by atoms with E-state index in [2.05, 4.69) is 0 Å². The van der Waals surface area contributed by atoms with Gasteiger partial charge in [-0.3, -0.25) is 4.79 Å². The van der Waals surface area contributed by atoms with Crippen LogP contribution in [0.4, 0.5) is 0 Å². The standard InChI is InChI=1S/C9H11NO.C3H6/c1-7(9(10)11)8-5-3-2-4-6-8;1-2-3-1/h2-7H,1H3,(H2,10,11);1-3H2. The summed E-state index contributed by atoms with van der Waals surface area (Å²) in [4.78, 5) is 10.7. The third-order valence-electron chi connectivity index (χ3n) is 2.08. The van der Waals surface area contributed by atoms with Crippen LogP contribution in [0.5, 0.6) is 0 Å². The molecule has 1 aliphatic carbocycles. The SMILES string of the molecule is C1CC1.CC(C(N)=O)c1ccccc1. The molecule has 1 saturated carbocycles. The maximum Gasteiger partial charge on any atom is 0.224 e. The van der Waals surface area contributed by atoms with E-state index in [-0.39, 0.29) is 11.8 Å². The van der Waals surface area contributed by atoms with Crippen LogP contribution in [0.3, 0.4) is 0 Å². The molecule has 1 aromatic rings. The smallest absolute Gasteiger partial charge is 0.224 e. The van der Waals surface area contributed by atoms with Gasteiger partial charge in [-0.1, -0.05) is 49.6 Å². The van der Waals surface area contributed by atoms with E-state index in [1.54, 1.807) is 6.92 Å². The average molecular weight is 191 g/mol. The van der Waals surface area contributed by atoms with E-state index in [9.17, 15) is 4.79 Å². The monoisotopic (exact) mass is 191 g/mol. The molecule has 0 spiro atoms. The van der Waals surface area contributed by atoms with Crippen molar-refractivity contribution in [1.82, 2.24) is 0 Å². The maximum absolute atomic E-state index is 10.7. The zero-order valence-electron chi connectivity index (χ0n) is 8.57. The summed E-state index contributed by atoms with van der Waals surface area (Å²) in [5.74, 6) is -0.465. The number of primary amides is 1. The molecule has 1 aliphatic rings. The Morgan fingerprint density at radius 1 is 1.21 bits per heavy atom. The molecule has 0 aliphatic heterocycles. The van der Waals surface area contributed by atoms with Gasteiger partial charge in [0.15, 0.2) is 0 Å². The highest BCUT2D eigenvalue weighted by Crippen LogP contribution is 2.15. The quantitative estimate of drug-likeness (QED) is 0.766. The van der Waals surface area contributed by atoms with Crippen molar-refractivity contribution in [2.24, 2.45) is 5.73 Å². The first-order chi connectivity index (χ1) is 6.72. The van der Waals surface area contributed by atoms with Gasteiger partial charge in [-0.25, -0.2) is 0 Å². The molecule has 1 atom stereocenters. The largest absolute Gasteiger partial charge is 0.369 e. The summed E-state index contributed by atoms with van der Waals surface area (Å²) in [5, 5.41) is 0. The first-order valence-corrected chi connectivity index (χ1v) is 5.06. The topological polar surface area (TPSA) is 43.1 Å². The summed E-state index contributed by atoms with van der Waals surface area (Å²) < 4.78 is 0. The fourth-order valence-corrected chi connectivity index (χ4v) is 0.906. The highest BCUT2D eigenvalue weighted by atomic mass is 16.1. The molecule has 2 heteroatoms. The van der Waals surface area contributed by atoms with Gasteiger partial charge in [0, 0.05) is 0 Å². The van der Waals surface area contributed by atoms with E-state index in [1.807, 2.05) is 30.3 Å². The minimum atomic E-state index is -0.281. The second-order valence-corrected chi connectivity index (χ2v) is 3.60. The molecule has 0 bridgehead atoms. The van der Waals surface area contributed by atoms with Gasteiger partial charge in [0.25, 0.3) is 0 Å². The Morgan fingerprint density at radius 2 is 1.71 bits per heavy atom. The molecule has 2 nitrogen and oxygen atoms in total. The van der Waals surface area contributed by atoms with E-state index < -0.39 is 0 Å². The van der Waals surface area contributed by atoms with Gasteiger partial charge in [-0.2, -0.15) is 0 Å². The first kappa shape index (κ1) is 10.8. The van der Waals surface area contributed by atoms with Crippen LogP contribution in [0, 0.1) is 0 Å². The van der Waals surface area contributed by atoms with E-state index >= 15 is 0 Å². The van der Waals surface area contributed by atoms with E-state index in [0.717, 1.165) is 5.56 Å². The van der Waals surface area contributed by atoms with Crippen molar-refractivity contribution in [1.29, 1.82) is 0 Å². The van der Waals surface area contributed by atoms with Crippen molar-refractivity contribution in [3.8, 4) is 0 Å². The molecule has 76 valence electrons. The van der Waals surface area contributed by atoms with Crippen LogP contribution in [0.25, 0.3) is 0 Å². The van der Waals surface area contributed by atoms with Gasteiger partial charge in [0.1, 0.15) is 0 Å². The molecule has 0 radical (unpaired) electrons. The fourth-order valence-electron chi connectivity index (χ4n) is 0.906. The lowest BCUT2D eigenvalue weighted by molar-refractivity contribution is -0.119. The van der Waals surface area contributed by atoms with Crippen LogP contribution in [-0.2, 0) is 4.79 Å². The Morgan fingerprint density at radius 3 is 2.07 bits per heavy atom. The van der Waals surface area contributed by atoms with Gasteiger partial charge in [-0.05, 0) is 12.5 Å². The second-order valence-electron chi connectivity index (χ2n) is 3.60. The van der Waals surface area contributed by atoms with Gasteiger partial charge in [0.05, 0.1) is 5.92 Å². The molecule has 0 aromatic heterocycles. The summed E-state index contributed by atoms with van der Waals surface area (Å²) in [6.07, 6.45) is 4.50. The predicted octanol–water partition coefficient (Wildman–Crippen LogP) is 2.45. The number of carbonyl (C=O) groups excluding carboxylic acids is 1. The lowest BCUT2D eigenvalue weighted by atomic mass is 10.0. The lowest BCUT2D eigenvalue weighted by Crippen LogP contribution is -2.18. The number of carbonyl (C=O) groups is 1. The van der Waals surface area contributed by atoms with Crippen LogP contribution in [-0.4, -0.2) is 5.91 Å². The number of amides is 1. The van der Waals surface area contributed by atoms with Crippen LogP contribution in [0.1, 0.15) is 37.7 Å². The summed E-state index contributed by atoms with van der Waals surface area (Å²) in [6, 6.07) is 9.51. The van der Waals surface area contributed by atoms with Crippen LogP contribution >= 0.6 is 0 Å². The summed E-state index contributed by atoms with van der Waals surface area (Å²) in [5.41, 5.74) is 6.10. The molecular weight excluding hydrogens is 174 g/mol. The van der Waals surface area contributed by atoms with Crippen molar-refractivity contribution >= 4 is 5.91 Å². The third kappa shape index (κ3) is 4.08. The Labute approximate surface area is 85.1 Å². The van der Waals surface area contributed by atoms with Gasteiger partial charge in [0.2, 0.25) is 5.91 Å². The van der Waals surface area contributed by atoms with Gasteiger partial charge >= 0.3 is 0 Å². The minimum absolute atomic E-state index is 0.184. The number of hydrogen-bond acceptors (Lipinski definition) is 1. The van der Waals surface area contributed by atoms with Crippen LogP contribution in [0.15, 0.2) is 30.3 Å². The highest BCUT2D eigenvalue weighted by molar-refractivity contribution is 5.81. The Kier molecular flexibility index (Phi) is 4.17. The van der Waals surface area contributed by atoms with Crippen molar-refractivity contribution in [2.45, 2.75) is 32.1 Å². The molecule has 2 rings (SSSR count). The number of rotatable bonds is 2. The normalized spacial score (nSPS) is 14.9. The maximum atomic E-state index is 10.7. The molecule has 1 aromatic carbocycles. The van der Waals surface area contributed by atoms with Crippen molar-refractivity contribution in [3.63, 3.8) is 0 Å². The summed E-state index contributed by atoms with van der Waals surface area (Å²) in [7, 11) is 0. The molecule has 1 amide bonds. The third-order valence-corrected chi connectivity index (χ3v) is 2.08. The predicted molar refractivity (Wildman–Crippen MR) is 57.9 cm³/mol. The molecule has 14 heavy (non-hydrogen) atoms. The Hall–Kier alpha value is -1.31. The van der Waals surface area contributed by atoms with E-state index in [4.69, 9.17) is 5.73 Å². The molecule has 2 N–H and O–H groups in total. The summed E-state index contributed by atoms with van der Waals surface area (Å²) in [6.45, 7) is 1.80. The zero-order valence-corrected chi connectivity index (χ0v) is 8.57. The molecule has 0 heterocycles. The van der Waals surface area contributed by atoms with Crippen molar-refractivity contribution < 1.29 is 4.79 Å². The second kappa shape index (κ2) is 5.43. The zero-order chi connectivity index (χ0) is 10.4. The number of hydrogen-bond donors (Lipinski definition) is 1.